The van der Waals surface area contributed by atoms with E-state index in [1.165, 1.54) is 10.6 Å². The molecule has 0 saturated carbocycles. The maximum atomic E-state index is 6.06. The van der Waals surface area contributed by atoms with Crippen molar-refractivity contribution in [2.24, 2.45) is 5.84 Å². The van der Waals surface area contributed by atoms with Gasteiger partial charge in [0.1, 0.15) is 0 Å². The van der Waals surface area contributed by atoms with Crippen molar-refractivity contribution in [2.45, 2.75) is 6.54 Å². The molecule has 2 aromatic rings. The molecule has 7 heteroatoms. The molecule has 1 aromatic heterocycles. The van der Waals surface area contributed by atoms with Gasteiger partial charge in [0.15, 0.2) is 5.13 Å². The second-order valence-corrected chi connectivity index (χ2v) is 6.57. The third-order valence-electron chi connectivity index (χ3n) is 3.60. The number of nitrogen functional groups attached to an aromatic ring is 1. The van der Waals surface area contributed by atoms with E-state index in [0.29, 0.717) is 0 Å². The van der Waals surface area contributed by atoms with Crippen molar-refractivity contribution >= 4 is 33.8 Å². The minimum absolute atomic E-state index is 0.766. The van der Waals surface area contributed by atoms with Gasteiger partial charge in [-0.3, -0.25) is 10.3 Å². The van der Waals surface area contributed by atoms with Gasteiger partial charge in [-0.05, 0) is 18.2 Å². The van der Waals surface area contributed by atoms with Crippen LogP contribution < -0.4 is 16.2 Å². The van der Waals surface area contributed by atoms with Crippen molar-refractivity contribution in [3.05, 3.63) is 40.4 Å². The summed E-state index contributed by atoms with van der Waals surface area (Å²) in [5, 5.41) is 1.56. The van der Waals surface area contributed by atoms with Crippen molar-refractivity contribution in [2.75, 3.05) is 36.5 Å². The molecule has 0 aliphatic carbocycles. The molecular weight excluding hydrogens is 306 g/mol. The standard InChI is InChI=1S/C14H18ClN5S/c15-11-2-1-3-12(8-11)20-6-4-19(5-7-20)10-13-9-17-14(18-16)21-13/h1-3,8-9H,4-7,10,16H2,(H,17,18). The summed E-state index contributed by atoms with van der Waals surface area (Å²) in [5.41, 5.74) is 3.79. The van der Waals surface area contributed by atoms with Crippen LogP contribution in [0.4, 0.5) is 10.8 Å². The number of nitrogens with one attached hydrogen (secondary N) is 1. The van der Waals surface area contributed by atoms with Crippen molar-refractivity contribution < 1.29 is 0 Å². The van der Waals surface area contributed by atoms with E-state index in [2.05, 4.69) is 26.3 Å². The Hall–Kier alpha value is -1.34. The highest BCUT2D eigenvalue weighted by molar-refractivity contribution is 7.15. The number of piperazine rings is 1. The van der Waals surface area contributed by atoms with Crippen LogP contribution in [-0.4, -0.2) is 36.1 Å². The van der Waals surface area contributed by atoms with Crippen molar-refractivity contribution in [1.82, 2.24) is 9.88 Å². The van der Waals surface area contributed by atoms with E-state index in [4.69, 9.17) is 17.4 Å². The number of thiazole rings is 1. The van der Waals surface area contributed by atoms with Crippen LogP contribution in [0.15, 0.2) is 30.5 Å². The van der Waals surface area contributed by atoms with Gasteiger partial charge in [-0.25, -0.2) is 10.8 Å². The van der Waals surface area contributed by atoms with Crippen LogP contribution in [0.5, 0.6) is 0 Å². The minimum atomic E-state index is 0.766. The van der Waals surface area contributed by atoms with Gasteiger partial charge in [0.25, 0.3) is 0 Å². The molecule has 0 amide bonds. The lowest BCUT2D eigenvalue weighted by Crippen LogP contribution is -2.45. The predicted molar refractivity (Wildman–Crippen MR) is 88.9 cm³/mol. The van der Waals surface area contributed by atoms with Crippen molar-refractivity contribution in [3.63, 3.8) is 0 Å². The van der Waals surface area contributed by atoms with Crippen LogP contribution in [0.1, 0.15) is 4.88 Å². The molecule has 112 valence electrons. The smallest absolute Gasteiger partial charge is 0.197 e. The third-order valence-corrected chi connectivity index (χ3v) is 4.75. The Morgan fingerprint density at radius 3 is 2.76 bits per heavy atom. The lowest BCUT2D eigenvalue weighted by molar-refractivity contribution is 0.252. The minimum Gasteiger partial charge on any atom is -0.369 e. The summed E-state index contributed by atoms with van der Waals surface area (Å²) in [6, 6.07) is 8.06. The van der Waals surface area contributed by atoms with E-state index < -0.39 is 0 Å². The zero-order valence-corrected chi connectivity index (χ0v) is 13.2. The summed E-state index contributed by atoms with van der Waals surface area (Å²) in [4.78, 5) is 10.3. The second-order valence-electron chi connectivity index (χ2n) is 5.02. The normalized spacial score (nSPS) is 16.2. The average molecular weight is 324 g/mol. The topological polar surface area (TPSA) is 57.4 Å². The third kappa shape index (κ3) is 3.65. The molecule has 21 heavy (non-hydrogen) atoms. The summed E-state index contributed by atoms with van der Waals surface area (Å²) in [6.07, 6.45) is 1.89. The molecule has 0 bridgehead atoms. The van der Waals surface area contributed by atoms with Crippen LogP contribution in [-0.2, 0) is 6.54 Å². The number of halogens is 1. The largest absolute Gasteiger partial charge is 0.369 e. The molecule has 1 saturated heterocycles. The SMILES string of the molecule is NNc1ncc(CN2CCN(c3cccc(Cl)c3)CC2)s1. The number of hydrogen-bond donors (Lipinski definition) is 2. The van der Waals surface area contributed by atoms with Gasteiger partial charge in [0, 0.05) is 54.5 Å². The van der Waals surface area contributed by atoms with E-state index in [1.807, 2.05) is 24.4 Å². The van der Waals surface area contributed by atoms with E-state index in [0.717, 1.165) is 42.9 Å². The Morgan fingerprint density at radius 2 is 2.10 bits per heavy atom. The van der Waals surface area contributed by atoms with Gasteiger partial charge in [-0.2, -0.15) is 0 Å². The van der Waals surface area contributed by atoms with E-state index in [1.54, 1.807) is 11.3 Å². The maximum Gasteiger partial charge on any atom is 0.197 e. The first-order valence-corrected chi connectivity index (χ1v) is 8.08. The molecule has 0 atom stereocenters. The highest BCUT2D eigenvalue weighted by Gasteiger charge is 2.18. The van der Waals surface area contributed by atoms with Crippen molar-refractivity contribution in [3.8, 4) is 0 Å². The highest BCUT2D eigenvalue weighted by Crippen LogP contribution is 2.22. The predicted octanol–water partition coefficient (Wildman–Crippen LogP) is 2.40. The number of hydrazine groups is 1. The summed E-state index contributed by atoms with van der Waals surface area (Å²) < 4.78 is 0. The van der Waals surface area contributed by atoms with Gasteiger partial charge in [-0.15, -0.1) is 0 Å². The highest BCUT2D eigenvalue weighted by atomic mass is 35.5. The Labute approximate surface area is 133 Å². The van der Waals surface area contributed by atoms with Gasteiger partial charge >= 0.3 is 0 Å². The first-order valence-electron chi connectivity index (χ1n) is 6.89. The second kappa shape index (κ2) is 6.62. The monoisotopic (exact) mass is 323 g/mol. The molecule has 0 spiro atoms. The molecule has 3 N–H and O–H groups in total. The Morgan fingerprint density at radius 1 is 1.29 bits per heavy atom. The molecule has 1 aliphatic rings. The Kier molecular flexibility index (Phi) is 4.60. The summed E-state index contributed by atoms with van der Waals surface area (Å²) in [6.45, 7) is 5.04. The molecule has 0 radical (unpaired) electrons. The molecule has 3 rings (SSSR count). The van der Waals surface area contributed by atoms with Crippen LogP contribution in [0, 0.1) is 0 Å². The number of aromatic nitrogens is 1. The van der Waals surface area contributed by atoms with Crippen molar-refractivity contribution in [1.29, 1.82) is 0 Å². The van der Waals surface area contributed by atoms with Crippen LogP contribution in [0.25, 0.3) is 0 Å². The number of nitrogens with zero attached hydrogens (tertiary/aromatic N) is 3. The lowest BCUT2D eigenvalue weighted by atomic mass is 10.2. The quantitative estimate of drug-likeness (QED) is 0.668. The van der Waals surface area contributed by atoms with E-state index in [-0.39, 0.29) is 0 Å². The van der Waals surface area contributed by atoms with E-state index in [9.17, 15) is 0 Å². The number of hydrogen-bond acceptors (Lipinski definition) is 6. The molecule has 0 unspecified atom stereocenters. The molecular formula is C14H18ClN5S. The number of anilines is 2. The number of rotatable bonds is 4. The first kappa shape index (κ1) is 14.6. The molecule has 1 fully saturated rings. The first-order chi connectivity index (χ1) is 10.2. The number of benzene rings is 1. The summed E-state index contributed by atoms with van der Waals surface area (Å²) in [5.74, 6) is 5.36. The fourth-order valence-corrected chi connectivity index (χ4v) is 3.45. The van der Waals surface area contributed by atoms with Crippen LogP contribution in [0.2, 0.25) is 5.02 Å². The number of nitrogens with two attached hydrogens (primary N) is 1. The Bertz CT molecular complexity index is 595. The van der Waals surface area contributed by atoms with Gasteiger partial charge in [-0.1, -0.05) is 29.0 Å². The van der Waals surface area contributed by atoms with Gasteiger partial charge in [0.2, 0.25) is 0 Å². The zero-order valence-electron chi connectivity index (χ0n) is 11.6. The zero-order chi connectivity index (χ0) is 14.7. The average Bonchev–Trinajstić information content (AvgIpc) is 2.96. The molecule has 2 heterocycles. The fraction of sp³-hybridized carbons (Fsp3) is 0.357. The summed E-state index contributed by atoms with van der Waals surface area (Å²) in [7, 11) is 0. The van der Waals surface area contributed by atoms with E-state index >= 15 is 0 Å². The van der Waals surface area contributed by atoms with Crippen LogP contribution in [0.3, 0.4) is 0 Å². The summed E-state index contributed by atoms with van der Waals surface area (Å²) >= 11 is 7.66. The molecule has 1 aromatic carbocycles. The lowest BCUT2D eigenvalue weighted by Gasteiger charge is -2.35. The van der Waals surface area contributed by atoms with Gasteiger partial charge in [0.05, 0.1) is 0 Å². The molecule has 1 aliphatic heterocycles. The fourth-order valence-electron chi connectivity index (χ4n) is 2.50. The maximum absolute atomic E-state index is 6.06. The van der Waals surface area contributed by atoms with Gasteiger partial charge < -0.3 is 4.90 Å². The molecule has 5 nitrogen and oxygen atoms in total. The Balaban J connectivity index is 1.55. The van der Waals surface area contributed by atoms with Crippen LogP contribution >= 0.6 is 22.9 Å².